The average molecular weight is 482 g/mol. The third-order valence-electron chi connectivity index (χ3n) is 5.65. The summed E-state index contributed by atoms with van der Waals surface area (Å²) in [5, 5.41) is 3.45. The number of ether oxygens (including phenoxy) is 1. The first-order chi connectivity index (χ1) is 16.6. The van der Waals surface area contributed by atoms with Crippen molar-refractivity contribution >= 4 is 29.2 Å². The third-order valence-corrected chi connectivity index (χ3v) is 5.90. The predicted molar refractivity (Wildman–Crippen MR) is 130 cm³/mol. The van der Waals surface area contributed by atoms with Crippen LogP contribution in [0.25, 0.3) is 0 Å². The number of nitrogens with zero attached hydrogens (tertiary/aromatic N) is 2. The summed E-state index contributed by atoms with van der Waals surface area (Å²) in [6.07, 6.45) is 3.31. The minimum Gasteiger partial charge on any atom is -0.467 e. The first kappa shape index (κ1) is 23.9. The van der Waals surface area contributed by atoms with Gasteiger partial charge < -0.3 is 24.3 Å². The number of rotatable bonds is 9. The van der Waals surface area contributed by atoms with Gasteiger partial charge in [-0.3, -0.25) is 4.79 Å². The SMILES string of the molecule is O=C(CN(CC1CCCO1)C(=O)Nc1ccc(Cl)cc1)N(Cc1ccccc1)Cc1ccco1. The summed E-state index contributed by atoms with van der Waals surface area (Å²) < 4.78 is 11.2. The van der Waals surface area contributed by atoms with Gasteiger partial charge in [-0.15, -0.1) is 0 Å². The highest BCUT2D eigenvalue weighted by molar-refractivity contribution is 6.30. The number of anilines is 1. The maximum absolute atomic E-state index is 13.5. The Morgan fingerprint density at radius 3 is 2.44 bits per heavy atom. The first-order valence-corrected chi connectivity index (χ1v) is 11.7. The lowest BCUT2D eigenvalue weighted by molar-refractivity contribution is -0.133. The number of halogens is 1. The molecule has 0 bridgehead atoms. The number of benzene rings is 2. The summed E-state index contributed by atoms with van der Waals surface area (Å²) in [6, 6.07) is 19.9. The molecular formula is C26H28ClN3O4. The summed E-state index contributed by atoms with van der Waals surface area (Å²) in [5.41, 5.74) is 1.61. The van der Waals surface area contributed by atoms with E-state index in [0.717, 1.165) is 18.4 Å². The zero-order chi connectivity index (χ0) is 23.8. The Morgan fingerprint density at radius 2 is 1.76 bits per heavy atom. The molecule has 3 amide bonds. The maximum atomic E-state index is 13.5. The molecule has 1 atom stereocenters. The van der Waals surface area contributed by atoms with Crippen molar-refractivity contribution in [3.05, 3.63) is 89.3 Å². The van der Waals surface area contributed by atoms with E-state index in [9.17, 15) is 9.59 Å². The molecule has 1 fully saturated rings. The van der Waals surface area contributed by atoms with Gasteiger partial charge in [0.25, 0.3) is 0 Å². The van der Waals surface area contributed by atoms with Crippen molar-refractivity contribution in [2.24, 2.45) is 0 Å². The zero-order valence-corrected chi connectivity index (χ0v) is 19.6. The Morgan fingerprint density at radius 1 is 0.971 bits per heavy atom. The van der Waals surface area contributed by atoms with Crippen LogP contribution in [0, 0.1) is 0 Å². The van der Waals surface area contributed by atoms with Gasteiger partial charge in [0, 0.05) is 30.4 Å². The van der Waals surface area contributed by atoms with Gasteiger partial charge in [0.15, 0.2) is 0 Å². The molecule has 4 rings (SSSR count). The van der Waals surface area contributed by atoms with Gasteiger partial charge in [0.1, 0.15) is 12.3 Å². The van der Waals surface area contributed by atoms with Gasteiger partial charge in [0.05, 0.1) is 18.9 Å². The van der Waals surface area contributed by atoms with Crippen molar-refractivity contribution in [1.29, 1.82) is 0 Å². The molecule has 34 heavy (non-hydrogen) atoms. The molecule has 1 unspecified atom stereocenters. The minimum atomic E-state index is -0.358. The second-order valence-electron chi connectivity index (χ2n) is 8.27. The fourth-order valence-corrected chi connectivity index (χ4v) is 4.01. The second kappa shape index (κ2) is 11.7. The van der Waals surface area contributed by atoms with Crippen molar-refractivity contribution in [2.45, 2.75) is 32.0 Å². The lowest BCUT2D eigenvalue weighted by Crippen LogP contribution is -2.46. The van der Waals surface area contributed by atoms with E-state index >= 15 is 0 Å². The standard InChI is InChI=1S/C26H28ClN3O4/c27-21-10-12-22(13-11-21)28-26(32)30(18-24-9-5-15-34-24)19-25(31)29(17-23-8-4-14-33-23)16-20-6-2-1-3-7-20/h1-4,6-8,10-14,24H,5,9,15-19H2,(H,28,32). The Balaban J connectivity index is 1.49. The van der Waals surface area contributed by atoms with E-state index in [2.05, 4.69) is 5.32 Å². The van der Waals surface area contributed by atoms with Crippen LogP contribution in [-0.2, 0) is 22.6 Å². The van der Waals surface area contributed by atoms with Gasteiger partial charge in [0.2, 0.25) is 5.91 Å². The molecular weight excluding hydrogens is 454 g/mol. The third kappa shape index (κ3) is 6.85. The summed E-state index contributed by atoms with van der Waals surface area (Å²) >= 11 is 5.96. The van der Waals surface area contributed by atoms with Gasteiger partial charge in [-0.2, -0.15) is 0 Å². The van der Waals surface area contributed by atoms with Gasteiger partial charge in [-0.25, -0.2) is 4.79 Å². The first-order valence-electron chi connectivity index (χ1n) is 11.3. The smallest absolute Gasteiger partial charge is 0.322 e. The normalized spacial score (nSPS) is 15.1. The van der Waals surface area contributed by atoms with Crippen LogP contribution in [0.5, 0.6) is 0 Å². The van der Waals surface area contributed by atoms with Crippen molar-refractivity contribution in [3.8, 4) is 0 Å². The van der Waals surface area contributed by atoms with Gasteiger partial charge >= 0.3 is 6.03 Å². The lowest BCUT2D eigenvalue weighted by atomic mass is 10.2. The second-order valence-corrected chi connectivity index (χ2v) is 8.70. The fraction of sp³-hybridized carbons (Fsp3) is 0.308. The highest BCUT2D eigenvalue weighted by Crippen LogP contribution is 2.18. The van der Waals surface area contributed by atoms with E-state index in [4.69, 9.17) is 20.8 Å². The fourth-order valence-electron chi connectivity index (χ4n) is 3.88. The lowest BCUT2D eigenvalue weighted by Gasteiger charge is -2.29. The van der Waals surface area contributed by atoms with E-state index in [1.54, 1.807) is 41.5 Å². The monoisotopic (exact) mass is 481 g/mol. The molecule has 8 heteroatoms. The zero-order valence-electron chi connectivity index (χ0n) is 18.9. The molecule has 2 heterocycles. The molecule has 1 aliphatic heterocycles. The van der Waals surface area contributed by atoms with Crippen LogP contribution < -0.4 is 5.32 Å². The number of carbonyl (C=O) groups excluding carboxylic acids is 2. The topological polar surface area (TPSA) is 75.0 Å². The summed E-state index contributed by atoms with van der Waals surface area (Å²) in [7, 11) is 0. The highest BCUT2D eigenvalue weighted by Gasteiger charge is 2.27. The molecule has 0 saturated carbocycles. The Labute approximate surface area is 204 Å². The van der Waals surface area contributed by atoms with Crippen LogP contribution in [-0.4, -0.2) is 47.5 Å². The number of hydrogen-bond donors (Lipinski definition) is 1. The Hall–Kier alpha value is -3.29. The van der Waals surface area contributed by atoms with Crippen LogP contribution in [0.1, 0.15) is 24.2 Å². The molecule has 1 aliphatic rings. The summed E-state index contributed by atoms with van der Waals surface area (Å²) in [5.74, 6) is 0.505. The number of carbonyl (C=O) groups is 2. The number of furan rings is 1. The molecule has 7 nitrogen and oxygen atoms in total. The van der Waals surface area contributed by atoms with Crippen LogP contribution in [0.4, 0.5) is 10.5 Å². The Kier molecular flexibility index (Phi) is 8.22. The van der Waals surface area contributed by atoms with E-state index in [1.807, 2.05) is 36.4 Å². The molecule has 3 aromatic rings. The van der Waals surface area contributed by atoms with Crippen LogP contribution >= 0.6 is 11.6 Å². The molecule has 1 saturated heterocycles. The number of amides is 3. The molecule has 1 N–H and O–H groups in total. The molecule has 0 spiro atoms. The molecule has 0 aliphatic carbocycles. The number of nitrogens with one attached hydrogen (secondary N) is 1. The average Bonchev–Trinajstić information content (AvgIpc) is 3.55. The van der Waals surface area contributed by atoms with Crippen LogP contribution in [0.15, 0.2) is 77.4 Å². The molecule has 1 aromatic heterocycles. The summed E-state index contributed by atoms with van der Waals surface area (Å²) in [4.78, 5) is 29.8. The molecule has 0 radical (unpaired) electrons. The van der Waals surface area contributed by atoms with Gasteiger partial charge in [-0.1, -0.05) is 41.9 Å². The largest absolute Gasteiger partial charge is 0.467 e. The minimum absolute atomic E-state index is 0.0766. The van der Waals surface area contributed by atoms with Crippen molar-refractivity contribution in [1.82, 2.24) is 9.80 Å². The van der Waals surface area contributed by atoms with Crippen LogP contribution in [0.3, 0.4) is 0 Å². The summed E-state index contributed by atoms with van der Waals surface area (Å²) in [6.45, 7) is 1.65. The number of hydrogen-bond acceptors (Lipinski definition) is 4. The highest BCUT2D eigenvalue weighted by atomic mass is 35.5. The van der Waals surface area contributed by atoms with Crippen molar-refractivity contribution in [2.75, 3.05) is 25.0 Å². The quantitative estimate of drug-likeness (QED) is 0.457. The molecule has 2 aromatic carbocycles. The van der Waals surface area contributed by atoms with Crippen LogP contribution in [0.2, 0.25) is 5.02 Å². The number of urea groups is 1. The predicted octanol–water partition coefficient (Wildman–Crippen LogP) is 5.17. The van der Waals surface area contributed by atoms with E-state index < -0.39 is 0 Å². The maximum Gasteiger partial charge on any atom is 0.322 e. The van der Waals surface area contributed by atoms with E-state index in [0.29, 0.717) is 42.7 Å². The van der Waals surface area contributed by atoms with E-state index in [1.165, 1.54) is 4.90 Å². The van der Waals surface area contributed by atoms with Gasteiger partial charge in [-0.05, 0) is 54.8 Å². The van der Waals surface area contributed by atoms with E-state index in [-0.39, 0.29) is 24.6 Å². The van der Waals surface area contributed by atoms with Crippen molar-refractivity contribution in [3.63, 3.8) is 0 Å². The van der Waals surface area contributed by atoms with Crippen molar-refractivity contribution < 1.29 is 18.7 Å². The molecule has 178 valence electrons. The Bertz CT molecular complexity index is 1050.